The van der Waals surface area contributed by atoms with Crippen molar-refractivity contribution in [3.05, 3.63) is 46.4 Å². The highest BCUT2D eigenvalue weighted by molar-refractivity contribution is 9.10. The van der Waals surface area contributed by atoms with Crippen molar-refractivity contribution in [2.75, 3.05) is 26.6 Å². The van der Waals surface area contributed by atoms with Crippen LogP contribution in [0.2, 0.25) is 0 Å². The van der Waals surface area contributed by atoms with Crippen LogP contribution in [-0.4, -0.2) is 39.4 Å². The highest BCUT2D eigenvalue weighted by Gasteiger charge is 2.12. The van der Waals surface area contributed by atoms with Gasteiger partial charge in [-0.15, -0.1) is 0 Å². The molecule has 2 amide bonds. The van der Waals surface area contributed by atoms with Crippen molar-refractivity contribution in [2.45, 2.75) is 19.3 Å². The van der Waals surface area contributed by atoms with Gasteiger partial charge in [0, 0.05) is 28.6 Å². The lowest BCUT2D eigenvalue weighted by Crippen LogP contribution is -2.18. The summed E-state index contributed by atoms with van der Waals surface area (Å²) in [6.07, 6.45) is 2.30. The first-order valence-electron chi connectivity index (χ1n) is 9.14. The van der Waals surface area contributed by atoms with Crippen LogP contribution in [0.5, 0.6) is 17.2 Å². The van der Waals surface area contributed by atoms with E-state index < -0.39 is 0 Å². The first-order chi connectivity index (χ1) is 14.5. The van der Waals surface area contributed by atoms with Crippen LogP contribution in [0.15, 0.2) is 46.0 Å². The fraction of sp³-hybridized carbons (Fsp3) is 0.286. The highest BCUT2D eigenvalue weighted by Crippen LogP contribution is 2.37. The van der Waals surface area contributed by atoms with Crippen LogP contribution in [0, 0.1) is 0 Å². The van der Waals surface area contributed by atoms with Gasteiger partial charge in [-0.05, 0) is 42.8 Å². The SMILES string of the molecule is COc1cc(/C=N\NC(=O)CCCC(=O)Nc2ccc(Br)cc2)cc(OC)c1OC. The molecule has 0 bridgehead atoms. The average molecular weight is 478 g/mol. The third kappa shape index (κ3) is 7.07. The van der Waals surface area contributed by atoms with Crippen molar-refractivity contribution in [1.82, 2.24) is 5.43 Å². The number of nitrogens with zero attached hydrogens (tertiary/aromatic N) is 1. The van der Waals surface area contributed by atoms with Gasteiger partial charge in [-0.1, -0.05) is 15.9 Å². The van der Waals surface area contributed by atoms with Gasteiger partial charge in [0.2, 0.25) is 17.6 Å². The molecule has 0 radical (unpaired) electrons. The fourth-order valence-electron chi connectivity index (χ4n) is 2.58. The minimum atomic E-state index is -0.282. The maximum absolute atomic E-state index is 11.9. The van der Waals surface area contributed by atoms with Crippen molar-refractivity contribution in [3.8, 4) is 17.2 Å². The van der Waals surface area contributed by atoms with Gasteiger partial charge < -0.3 is 19.5 Å². The highest BCUT2D eigenvalue weighted by atomic mass is 79.9. The van der Waals surface area contributed by atoms with Gasteiger partial charge >= 0.3 is 0 Å². The predicted molar refractivity (Wildman–Crippen MR) is 118 cm³/mol. The van der Waals surface area contributed by atoms with Crippen molar-refractivity contribution >= 4 is 39.6 Å². The molecule has 0 atom stereocenters. The molecular formula is C21H24BrN3O5. The number of nitrogens with one attached hydrogen (secondary N) is 2. The molecule has 160 valence electrons. The number of hydrazone groups is 1. The number of halogens is 1. The molecule has 2 aromatic carbocycles. The number of carbonyl (C=O) groups excluding carboxylic acids is 2. The van der Waals surface area contributed by atoms with E-state index in [-0.39, 0.29) is 24.7 Å². The van der Waals surface area contributed by atoms with Crippen LogP contribution >= 0.6 is 15.9 Å². The van der Waals surface area contributed by atoms with E-state index in [1.807, 2.05) is 12.1 Å². The number of ether oxygens (including phenoxy) is 3. The smallest absolute Gasteiger partial charge is 0.240 e. The number of hydrogen-bond donors (Lipinski definition) is 2. The van der Waals surface area contributed by atoms with Gasteiger partial charge in [-0.2, -0.15) is 5.10 Å². The normalized spacial score (nSPS) is 10.5. The Labute approximate surface area is 183 Å². The Bertz CT molecular complexity index is 875. The maximum Gasteiger partial charge on any atom is 0.240 e. The largest absolute Gasteiger partial charge is 0.493 e. The Kier molecular flexibility index (Phi) is 9.14. The summed E-state index contributed by atoms with van der Waals surface area (Å²) in [6.45, 7) is 0. The van der Waals surface area contributed by atoms with E-state index in [4.69, 9.17) is 14.2 Å². The topological polar surface area (TPSA) is 98.2 Å². The van der Waals surface area contributed by atoms with E-state index in [0.29, 0.717) is 34.9 Å². The maximum atomic E-state index is 11.9. The third-order valence-corrected chi connectivity index (χ3v) is 4.55. The van der Waals surface area contributed by atoms with E-state index in [1.54, 1.807) is 24.3 Å². The molecule has 8 nitrogen and oxygen atoms in total. The Morgan fingerprint density at radius 1 is 0.967 bits per heavy atom. The van der Waals surface area contributed by atoms with Crippen LogP contribution in [0.25, 0.3) is 0 Å². The van der Waals surface area contributed by atoms with Gasteiger partial charge in [0.25, 0.3) is 0 Å². The summed E-state index contributed by atoms with van der Waals surface area (Å²) in [4.78, 5) is 23.9. The number of rotatable bonds is 10. The lowest BCUT2D eigenvalue weighted by molar-refractivity contribution is -0.121. The lowest BCUT2D eigenvalue weighted by atomic mass is 10.2. The standard InChI is InChI=1S/C21H24BrN3O5/c1-28-17-11-14(12-18(29-2)21(17)30-3)13-23-25-20(27)6-4-5-19(26)24-16-9-7-15(22)8-10-16/h7-13H,4-6H2,1-3H3,(H,24,26)(H,25,27)/b23-13-. The fourth-order valence-corrected chi connectivity index (χ4v) is 2.84. The summed E-state index contributed by atoms with van der Waals surface area (Å²) in [5.74, 6) is 1.02. The summed E-state index contributed by atoms with van der Waals surface area (Å²) in [5, 5.41) is 6.72. The third-order valence-electron chi connectivity index (χ3n) is 4.03. The molecule has 0 saturated carbocycles. The van der Waals surface area contributed by atoms with Crippen LogP contribution < -0.4 is 25.0 Å². The van der Waals surface area contributed by atoms with E-state index in [2.05, 4.69) is 31.8 Å². The molecule has 0 heterocycles. The number of methoxy groups -OCH3 is 3. The number of hydrogen-bond acceptors (Lipinski definition) is 6. The van der Waals surface area contributed by atoms with Gasteiger partial charge in [0.05, 0.1) is 27.5 Å². The van der Waals surface area contributed by atoms with E-state index >= 15 is 0 Å². The van der Waals surface area contributed by atoms with Gasteiger partial charge in [0.15, 0.2) is 11.5 Å². The molecule has 0 fully saturated rings. The summed E-state index contributed by atoms with van der Waals surface area (Å²) < 4.78 is 16.8. The minimum Gasteiger partial charge on any atom is -0.493 e. The van der Waals surface area contributed by atoms with Crippen molar-refractivity contribution in [1.29, 1.82) is 0 Å². The molecule has 0 saturated heterocycles. The van der Waals surface area contributed by atoms with Crippen molar-refractivity contribution < 1.29 is 23.8 Å². The second kappa shape index (κ2) is 11.8. The number of amides is 2. The first-order valence-corrected chi connectivity index (χ1v) is 9.93. The van der Waals surface area contributed by atoms with Crippen molar-refractivity contribution in [3.63, 3.8) is 0 Å². The zero-order chi connectivity index (χ0) is 21.9. The van der Waals surface area contributed by atoms with Crippen LogP contribution in [0.1, 0.15) is 24.8 Å². The summed E-state index contributed by atoms with van der Waals surface area (Å²) >= 11 is 3.34. The average Bonchev–Trinajstić information content (AvgIpc) is 2.74. The lowest BCUT2D eigenvalue weighted by Gasteiger charge is -2.12. The Balaban J connectivity index is 1.79. The van der Waals surface area contributed by atoms with Gasteiger partial charge in [-0.25, -0.2) is 5.43 Å². The summed E-state index contributed by atoms with van der Waals surface area (Å²) in [7, 11) is 4.56. The van der Waals surface area contributed by atoms with Crippen molar-refractivity contribution in [2.24, 2.45) is 5.10 Å². The van der Waals surface area contributed by atoms with Gasteiger partial charge in [0.1, 0.15) is 0 Å². The van der Waals surface area contributed by atoms with Crippen LogP contribution in [-0.2, 0) is 9.59 Å². The van der Waals surface area contributed by atoms with Crippen LogP contribution in [0.3, 0.4) is 0 Å². The molecule has 0 spiro atoms. The molecule has 30 heavy (non-hydrogen) atoms. The molecular weight excluding hydrogens is 454 g/mol. The second-order valence-corrected chi connectivity index (χ2v) is 7.08. The number of carbonyl (C=O) groups is 2. The molecule has 0 unspecified atom stereocenters. The zero-order valence-corrected chi connectivity index (χ0v) is 18.6. The van der Waals surface area contributed by atoms with E-state index in [9.17, 15) is 9.59 Å². The summed E-state index contributed by atoms with van der Waals surface area (Å²) in [6, 6.07) is 10.7. The number of benzene rings is 2. The monoisotopic (exact) mass is 477 g/mol. The Morgan fingerprint density at radius 3 is 2.13 bits per heavy atom. The molecule has 2 aromatic rings. The zero-order valence-electron chi connectivity index (χ0n) is 17.0. The molecule has 0 aliphatic heterocycles. The summed E-state index contributed by atoms with van der Waals surface area (Å²) in [5.41, 5.74) is 3.82. The quantitative estimate of drug-likeness (QED) is 0.401. The van der Waals surface area contributed by atoms with Crippen LogP contribution in [0.4, 0.5) is 5.69 Å². The van der Waals surface area contributed by atoms with Gasteiger partial charge in [-0.3, -0.25) is 9.59 Å². The van der Waals surface area contributed by atoms with E-state index in [0.717, 1.165) is 4.47 Å². The first kappa shape index (κ1) is 23.2. The second-order valence-electron chi connectivity index (χ2n) is 6.16. The Hall–Kier alpha value is -3.07. The number of anilines is 1. The molecule has 2 N–H and O–H groups in total. The minimum absolute atomic E-state index is 0.147. The molecule has 0 aliphatic rings. The molecule has 0 aromatic heterocycles. The Morgan fingerprint density at radius 2 is 1.57 bits per heavy atom. The molecule has 0 aliphatic carbocycles. The molecule has 2 rings (SSSR count). The molecule has 9 heteroatoms. The van der Waals surface area contributed by atoms with E-state index in [1.165, 1.54) is 27.5 Å². The predicted octanol–water partition coefficient (Wildman–Crippen LogP) is 3.73.